The largest absolute Gasteiger partial charge is 0.339 e. The van der Waals surface area contributed by atoms with Crippen LogP contribution in [-0.4, -0.2) is 18.4 Å². The molecule has 0 aromatic rings. The summed E-state index contributed by atoms with van der Waals surface area (Å²) < 4.78 is 26.2. The van der Waals surface area contributed by atoms with Gasteiger partial charge in [-0.15, -0.1) is 6.42 Å². The summed E-state index contributed by atoms with van der Waals surface area (Å²) in [7, 11) is 0. The molecule has 0 atom stereocenters. The predicted molar refractivity (Wildman–Crippen MR) is 44.1 cm³/mol. The molecule has 1 amide bonds. The van der Waals surface area contributed by atoms with Gasteiger partial charge in [0.15, 0.2) is 0 Å². The number of rotatable bonds is 3. The lowest BCUT2D eigenvalue weighted by Crippen LogP contribution is -2.43. The number of amides is 1. The van der Waals surface area contributed by atoms with E-state index in [0.717, 1.165) is 6.42 Å². The van der Waals surface area contributed by atoms with Crippen molar-refractivity contribution in [2.75, 3.05) is 6.54 Å². The van der Waals surface area contributed by atoms with Crippen LogP contribution in [0, 0.1) is 18.3 Å². The Morgan fingerprint density at radius 2 is 2.23 bits per heavy atom. The van der Waals surface area contributed by atoms with Crippen LogP contribution in [0.3, 0.4) is 0 Å². The third-order valence-corrected chi connectivity index (χ3v) is 2.32. The average molecular weight is 187 g/mol. The summed E-state index contributed by atoms with van der Waals surface area (Å²) >= 11 is 0. The Balaban J connectivity index is 2.34. The Kier molecular flexibility index (Phi) is 2.86. The molecule has 0 radical (unpaired) electrons. The van der Waals surface area contributed by atoms with E-state index in [0.29, 0.717) is 12.8 Å². The van der Waals surface area contributed by atoms with Crippen molar-refractivity contribution in [3.8, 4) is 12.3 Å². The molecular weight excluding hydrogens is 176 g/mol. The fourth-order valence-electron chi connectivity index (χ4n) is 1.22. The molecule has 0 spiro atoms. The first-order valence-corrected chi connectivity index (χ1v) is 4.18. The van der Waals surface area contributed by atoms with Crippen LogP contribution in [0.4, 0.5) is 8.78 Å². The van der Waals surface area contributed by atoms with Crippen molar-refractivity contribution in [3.63, 3.8) is 0 Å². The lowest BCUT2D eigenvalue weighted by atomic mass is 9.80. The molecule has 1 saturated carbocycles. The Morgan fingerprint density at radius 3 is 2.62 bits per heavy atom. The topological polar surface area (TPSA) is 29.1 Å². The molecule has 0 aromatic heterocycles. The molecule has 2 nitrogen and oxygen atoms in total. The molecule has 0 saturated heterocycles. The fourth-order valence-corrected chi connectivity index (χ4v) is 1.22. The number of terminal acetylenes is 1. The van der Waals surface area contributed by atoms with Crippen LogP contribution in [0.25, 0.3) is 0 Å². The number of nitrogens with one attached hydrogen (secondary N) is 1. The summed E-state index contributed by atoms with van der Waals surface area (Å²) in [5.41, 5.74) is 0. The van der Waals surface area contributed by atoms with Crippen LogP contribution in [0.5, 0.6) is 0 Å². The van der Waals surface area contributed by atoms with Crippen molar-refractivity contribution < 1.29 is 13.6 Å². The molecule has 1 aliphatic rings. The van der Waals surface area contributed by atoms with E-state index in [4.69, 9.17) is 6.42 Å². The summed E-state index contributed by atoms with van der Waals surface area (Å²) in [6.45, 7) is -0.638. The molecule has 4 heteroatoms. The number of hydrogen-bond donors (Lipinski definition) is 1. The molecule has 1 N–H and O–H groups in total. The first-order valence-electron chi connectivity index (χ1n) is 4.18. The van der Waals surface area contributed by atoms with Crippen LogP contribution in [0.2, 0.25) is 0 Å². The lowest BCUT2D eigenvalue weighted by Gasteiger charge is -2.33. The van der Waals surface area contributed by atoms with Gasteiger partial charge in [-0.25, -0.2) is 8.78 Å². The minimum Gasteiger partial charge on any atom is -0.339 e. The van der Waals surface area contributed by atoms with Crippen LogP contribution in [-0.2, 0) is 4.79 Å². The fraction of sp³-hybridized carbons (Fsp3) is 0.667. The summed E-state index contributed by atoms with van der Waals surface area (Å²) in [4.78, 5) is 10.5. The Morgan fingerprint density at radius 1 is 1.62 bits per heavy atom. The number of halogens is 2. The zero-order valence-electron chi connectivity index (χ0n) is 7.15. The molecule has 13 heavy (non-hydrogen) atoms. The third-order valence-electron chi connectivity index (χ3n) is 2.32. The molecule has 1 rings (SSSR count). The maximum absolute atomic E-state index is 13.1. The molecule has 0 aromatic carbocycles. The van der Waals surface area contributed by atoms with E-state index >= 15 is 0 Å². The van der Waals surface area contributed by atoms with Gasteiger partial charge in [0.2, 0.25) is 0 Å². The standard InChI is InChI=1S/C9H11F2NO/c1-2-8(13)12-6-9(10,11)7-4-3-5-7/h1,7H,3-6H2,(H,12,13). The van der Waals surface area contributed by atoms with Crippen molar-refractivity contribution in [3.05, 3.63) is 0 Å². The monoisotopic (exact) mass is 187 g/mol. The molecule has 1 aliphatic carbocycles. The summed E-state index contributed by atoms with van der Waals surface area (Å²) in [5, 5.41) is 2.00. The van der Waals surface area contributed by atoms with Gasteiger partial charge < -0.3 is 5.32 Å². The highest BCUT2D eigenvalue weighted by Gasteiger charge is 2.42. The number of alkyl halides is 2. The van der Waals surface area contributed by atoms with Crippen LogP contribution in [0.1, 0.15) is 19.3 Å². The van der Waals surface area contributed by atoms with Gasteiger partial charge in [-0.2, -0.15) is 0 Å². The predicted octanol–water partition coefficient (Wildman–Crippen LogP) is 1.17. The summed E-state index contributed by atoms with van der Waals surface area (Å²) in [6.07, 6.45) is 6.65. The lowest BCUT2D eigenvalue weighted by molar-refractivity contribution is -0.121. The molecule has 72 valence electrons. The summed E-state index contributed by atoms with van der Waals surface area (Å²) in [5.74, 6) is -2.43. The van der Waals surface area contributed by atoms with Gasteiger partial charge in [-0.3, -0.25) is 4.79 Å². The van der Waals surface area contributed by atoms with E-state index in [-0.39, 0.29) is 0 Å². The molecule has 0 bridgehead atoms. The molecule has 1 fully saturated rings. The third kappa shape index (κ3) is 2.41. The van der Waals surface area contributed by atoms with E-state index in [9.17, 15) is 13.6 Å². The van der Waals surface area contributed by atoms with E-state index in [1.54, 1.807) is 5.92 Å². The Labute approximate surface area is 75.7 Å². The molecule has 0 unspecified atom stereocenters. The maximum atomic E-state index is 13.1. The van der Waals surface area contributed by atoms with Gasteiger partial charge in [0, 0.05) is 5.92 Å². The minimum atomic E-state index is -2.80. The molecule has 0 heterocycles. The molecule has 0 aliphatic heterocycles. The van der Waals surface area contributed by atoms with Gasteiger partial charge in [-0.05, 0) is 18.8 Å². The second kappa shape index (κ2) is 3.73. The van der Waals surface area contributed by atoms with Gasteiger partial charge in [0.1, 0.15) is 0 Å². The first-order chi connectivity index (χ1) is 6.06. The van der Waals surface area contributed by atoms with Crippen molar-refractivity contribution in [2.24, 2.45) is 5.92 Å². The SMILES string of the molecule is C#CC(=O)NCC(F)(F)C1CCC1. The second-order valence-corrected chi connectivity index (χ2v) is 3.22. The quantitative estimate of drug-likeness (QED) is 0.660. The zero-order valence-corrected chi connectivity index (χ0v) is 7.15. The van der Waals surface area contributed by atoms with E-state index in [1.807, 2.05) is 5.32 Å². The van der Waals surface area contributed by atoms with E-state index < -0.39 is 24.3 Å². The Bertz CT molecular complexity index is 240. The smallest absolute Gasteiger partial charge is 0.295 e. The zero-order chi connectivity index (χ0) is 9.90. The van der Waals surface area contributed by atoms with Gasteiger partial charge >= 0.3 is 0 Å². The maximum Gasteiger partial charge on any atom is 0.295 e. The highest BCUT2D eigenvalue weighted by molar-refractivity contribution is 5.92. The average Bonchev–Trinajstić information content (AvgIpc) is 1.96. The number of carbonyl (C=O) groups excluding carboxylic acids is 1. The van der Waals surface area contributed by atoms with Crippen molar-refractivity contribution >= 4 is 5.91 Å². The number of carbonyl (C=O) groups is 1. The van der Waals surface area contributed by atoms with Crippen molar-refractivity contribution in [1.29, 1.82) is 0 Å². The normalized spacial score (nSPS) is 17.3. The van der Waals surface area contributed by atoms with Crippen LogP contribution >= 0.6 is 0 Å². The van der Waals surface area contributed by atoms with Crippen LogP contribution in [0.15, 0.2) is 0 Å². The minimum absolute atomic E-state index is 0.541. The highest BCUT2D eigenvalue weighted by Crippen LogP contribution is 2.39. The van der Waals surface area contributed by atoms with Gasteiger partial charge in [-0.1, -0.05) is 6.42 Å². The van der Waals surface area contributed by atoms with E-state index in [1.165, 1.54) is 0 Å². The van der Waals surface area contributed by atoms with Crippen molar-refractivity contribution in [2.45, 2.75) is 25.2 Å². The van der Waals surface area contributed by atoms with Gasteiger partial charge in [0.05, 0.1) is 6.54 Å². The van der Waals surface area contributed by atoms with E-state index in [2.05, 4.69) is 0 Å². The van der Waals surface area contributed by atoms with Crippen LogP contribution < -0.4 is 5.32 Å². The van der Waals surface area contributed by atoms with Crippen molar-refractivity contribution in [1.82, 2.24) is 5.32 Å². The second-order valence-electron chi connectivity index (χ2n) is 3.22. The molecular formula is C9H11F2NO. The van der Waals surface area contributed by atoms with Gasteiger partial charge in [0.25, 0.3) is 11.8 Å². The Hall–Kier alpha value is -1.11. The first kappa shape index (κ1) is 9.97. The number of hydrogen-bond acceptors (Lipinski definition) is 1. The highest BCUT2D eigenvalue weighted by atomic mass is 19.3. The summed E-state index contributed by atoms with van der Waals surface area (Å²) in [6, 6.07) is 0.